The molecule has 0 saturated carbocycles. The highest BCUT2D eigenvalue weighted by Gasteiger charge is 2.29. The van der Waals surface area contributed by atoms with Crippen LogP contribution in [0.1, 0.15) is 25.1 Å². The van der Waals surface area contributed by atoms with Crippen molar-refractivity contribution < 1.29 is 4.74 Å². The molecule has 1 aromatic heterocycles. The number of hydrogen-bond donors (Lipinski definition) is 1. The molecule has 1 fully saturated rings. The van der Waals surface area contributed by atoms with Crippen molar-refractivity contribution in [3.63, 3.8) is 0 Å². The molecule has 2 unspecified atom stereocenters. The summed E-state index contributed by atoms with van der Waals surface area (Å²) in [4.78, 5) is 0. The van der Waals surface area contributed by atoms with Crippen LogP contribution in [0.15, 0.2) is 10.7 Å². The smallest absolute Gasteiger partial charge is 0.0696 e. The monoisotopic (exact) mass is 287 g/mol. The minimum absolute atomic E-state index is 0.328. The molecular weight excluding hydrogens is 270 g/mol. The van der Waals surface area contributed by atoms with E-state index in [1.165, 1.54) is 5.69 Å². The van der Waals surface area contributed by atoms with Crippen LogP contribution in [-0.4, -0.2) is 29.5 Å². The van der Waals surface area contributed by atoms with Crippen molar-refractivity contribution in [1.82, 2.24) is 15.1 Å². The lowest BCUT2D eigenvalue weighted by atomic mass is 9.96. The Bertz CT molecular complexity index is 327. The first-order valence-corrected chi connectivity index (χ1v) is 6.51. The van der Waals surface area contributed by atoms with E-state index >= 15 is 0 Å². The van der Waals surface area contributed by atoms with Gasteiger partial charge in [0, 0.05) is 19.6 Å². The number of hydrogen-bond acceptors (Lipinski definition) is 3. The first-order chi connectivity index (χ1) is 7.74. The van der Waals surface area contributed by atoms with E-state index < -0.39 is 0 Å². The van der Waals surface area contributed by atoms with Crippen LogP contribution in [0.5, 0.6) is 0 Å². The van der Waals surface area contributed by atoms with Gasteiger partial charge in [0.2, 0.25) is 0 Å². The van der Waals surface area contributed by atoms with E-state index in [0.29, 0.717) is 12.0 Å². The molecule has 4 nitrogen and oxygen atoms in total. The van der Waals surface area contributed by atoms with Crippen molar-refractivity contribution in [3.05, 3.63) is 16.4 Å². The Morgan fingerprint density at radius 3 is 3.06 bits per heavy atom. The van der Waals surface area contributed by atoms with Gasteiger partial charge in [-0.15, -0.1) is 0 Å². The van der Waals surface area contributed by atoms with Gasteiger partial charge in [0.1, 0.15) is 0 Å². The highest BCUT2D eigenvalue weighted by Crippen LogP contribution is 2.32. The largest absolute Gasteiger partial charge is 0.381 e. The summed E-state index contributed by atoms with van der Waals surface area (Å²) in [6, 6.07) is 0.328. The maximum atomic E-state index is 5.48. The van der Waals surface area contributed by atoms with E-state index in [1.807, 2.05) is 17.9 Å². The minimum atomic E-state index is 0.328. The van der Waals surface area contributed by atoms with Gasteiger partial charge in [-0.3, -0.25) is 4.68 Å². The second-order valence-corrected chi connectivity index (χ2v) is 5.01. The summed E-state index contributed by atoms with van der Waals surface area (Å²) in [5, 5.41) is 7.82. The third kappa shape index (κ3) is 2.31. The van der Waals surface area contributed by atoms with Crippen LogP contribution in [0.3, 0.4) is 0 Å². The predicted octanol–water partition coefficient (Wildman–Crippen LogP) is 1.87. The van der Waals surface area contributed by atoms with Gasteiger partial charge in [0.15, 0.2) is 0 Å². The first kappa shape index (κ1) is 12.1. The Labute approximate surface area is 104 Å². The van der Waals surface area contributed by atoms with Crippen LogP contribution in [0.25, 0.3) is 0 Å². The summed E-state index contributed by atoms with van der Waals surface area (Å²) >= 11 is 3.57. The van der Waals surface area contributed by atoms with Crippen LogP contribution < -0.4 is 5.32 Å². The Morgan fingerprint density at radius 1 is 1.75 bits per heavy atom. The number of halogens is 1. The molecule has 0 bridgehead atoms. The summed E-state index contributed by atoms with van der Waals surface area (Å²) < 4.78 is 8.49. The topological polar surface area (TPSA) is 39.1 Å². The third-order valence-corrected chi connectivity index (χ3v) is 3.70. The lowest BCUT2D eigenvalue weighted by molar-refractivity contribution is 0.176. The molecule has 0 aromatic carbocycles. The summed E-state index contributed by atoms with van der Waals surface area (Å²) in [6.07, 6.45) is 2.98. The zero-order valence-corrected chi connectivity index (χ0v) is 11.3. The molecule has 1 aliphatic rings. The Morgan fingerprint density at radius 2 is 2.56 bits per heavy atom. The quantitative estimate of drug-likeness (QED) is 0.919. The van der Waals surface area contributed by atoms with E-state index in [0.717, 1.165) is 30.7 Å². The highest BCUT2D eigenvalue weighted by molar-refractivity contribution is 9.10. The van der Waals surface area contributed by atoms with Gasteiger partial charge >= 0.3 is 0 Å². The minimum Gasteiger partial charge on any atom is -0.381 e. The predicted molar refractivity (Wildman–Crippen MR) is 66.3 cm³/mol. The summed E-state index contributed by atoms with van der Waals surface area (Å²) in [7, 11) is 1.99. The molecule has 2 atom stereocenters. The van der Waals surface area contributed by atoms with Gasteiger partial charge in [-0.05, 0) is 28.9 Å². The normalized spacial score (nSPS) is 22.6. The van der Waals surface area contributed by atoms with Gasteiger partial charge in [0.25, 0.3) is 0 Å². The molecule has 0 amide bonds. The van der Waals surface area contributed by atoms with Gasteiger partial charge in [-0.25, -0.2) is 0 Å². The molecule has 1 aromatic rings. The van der Waals surface area contributed by atoms with Gasteiger partial charge in [0.05, 0.1) is 29.0 Å². The third-order valence-electron chi connectivity index (χ3n) is 3.09. The number of ether oxygens (including phenoxy) is 1. The van der Waals surface area contributed by atoms with Crippen LogP contribution in [0.4, 0.5) is 0 Å². The van der Waals surface area contributed by atoms with Crippen molar-refractivity contribution in [1.29, 1.82) is 0 Å². The molecule has 1 aliphatic heterocycles. The Balaban J connectivity index is 2.24. The van der Waals surface area contributed by atoms with Crippen LogP contribution in [-0.2, 0) is 11.8 Å². The lowest BCUT2D eigenvalue weighted by Gasteiger charge is -2.24. The van der Waals surface area contributed by atoms with Crippen LogP contribution in [0.2, 0.25) is 0 Å². The molecular formula is C11H18BrN3O. The van der Waals surface area contributed by atoms with Gasteiger partial charge in [-0.1, -0.05) is 6.92 Å². The molecule has 2 rings (SSSR count). The average Bonchev–Trinajstić information content (AvgIpc) is 2.87. The number of nitrogens with one attached hydrogen (secondary N) is 1. The van der Waals surface area contributed by atoms with Crippen LogP contribution >= 0.6 is 15.9 Å². The molecule has 0 radical (unpaired) electrons. The summed E-state index contributed by atoms with van der Waals surface area (Å²) in [5.74, 6) is 0.548. The molecule has 0 spiro atoms. The zero-order valence-electron chi connectivity index (χ0n) is 9.74. The van der Waals surface area contributed by atoms with E-state index in [-0.39, 0.29) is 0 Å². The average molecular weight is 288 g/mol. The standard InChI is InChI=1S/C11H18BrN3O/c1-3-13-10(8-4-5-16-7-8)11-9(12)6-14-15(11)2/h6,8,10,13H,3-5,7H2,1-2H3. The van der Waals surface area contributed by atoms with E-state index in [9.17, 15) is 0 Å². The molecule has 2 heterocycles. The second-order valence-electron chi connectivity index (χ2n) is 4.16. The maximum Gasteiger partial charge on any atom is 0.0696 e. The van der Waals surface area contributed by atoms with E-state index in [4.69, 9.17) is 4.74 Å². The fourth-order valence-corrected chi connectivity index (χ4v) is 2.89. The summed E-state index contributed by atoms with van der Waals surface area (Å²) in [5.41, 5.74) is 1.22. The molecule has 90 valence electrons. The molecule has 5 heteroatoms. The SMILES string of the molecule is CCNC(c1c(Br)cnn1C)C1CCOC1. The highest BCUT2D eigenvalue weighted by atomic mass is 79.9. The maximum absolute atomic E-state index is 5.48. The van der Waals surface area contributed by atoms with E-state index in [2.05, 4.69) is 33.3 Å². The number of aryl methyl sites for hydroxylation is 1. The van der Waals surface area contributed by atoms with Crippen molar-refractivity contribution in [2.75, 3.05) is 19.8 Å². The van der Waals surface area contributed by atoms with Crippen molar-refractivity contribution in [2.45, 2.75) is 19.4 Å². The summed E-state index contributed by atoms with van der Waals surface area (Å²) in [6.45, 7) is 4.81. The molecule has 1 saturated heterocycles. The molecule has 1 N–H and O–H groups in total. The lowest BCUT2D eigenvalue weighted by Crippen LogP contribution is -2.30. The number of aromatic nitrogens is 2. The van der Waals surface area contributed by atoms with Crippen molar-refractivity contribution in [3.8, 4) is 0 Å². The van der Waals surface area contributed by atoms with Crippen molar-refractivity contribution >= 4 is 15.9 Å². The zero-order chi connectivity index (χ0) is 11.5. The number of rotatable bonds is 4. The molecule has 16 heavy (non-hydrogen) atoms. The fourth-order valence-electron chi connectivity index (χ4n) is 2.29. The second kappa shape index (κ2) is 5.29. The Hall–Kier alpha value is -0.390. The van der Waals surface area contributed by atoms with Crippen molar-refractivity contribution in [2.24, 2.45) is 13.0 Å². The first-order valence-electron chi connectivity index (χ1n) is 5.72. The fraction of sp³-hybridized carbons (Fsp3) is 0.727. The number of nitrogens with zero attached hydrogens (tertiary/aromatic N) is 2. The molecule has 0 aliphatic carbocycles. The van der Waals surface area contributed by atoms with E-state index in [1.54, 1.807) is 0 Å². The van der Waals surface area contributed by atoms with Crippen LogP contribution in [0, 0.1) is 5.92 Å². The Kier molecular flexibility index (Phi) is 4.00. The van der Waals surface area contributed by atoms with Gasteiger partial charge < -0.3 is 10.1 Å². The van der Waals surface area contributed by atoms with Gasteiger partial charge in [-0.2, -0.15) is 5.10 Å².